The summed E-state index contributed by atoms with van der Waals surface area (Å²) in [4.78, 5) is 17.0. The first-order chi connectivity index (χ1) is 11.6. The van der Waals surface area contributed by atoms with Crippen molar-refractivity contribution in [2.45, 2.75) is 25.4 Å². The Labute approximate surface area is 143 Å². The minimum absolute atomic E-state index is 0.0499. The van der Waals surface area contributed by atoms with Crippen molar-refractivity contribution >= 4 is 11.6 Å². The van der Waals surface area contributed by atoms with E-state index in [0.717, 1.165) is 32.5 Å². The smallest absolute Gasteiger partial charge is 0.253 e. The maximum absolute atomic E-state index is 12.7. The molecule has 2 aromatic carbocycles. The van der Waals surface area contributed by atoms with Crippen molar-refractivity contribution < 1.29 is 4.79 Å². The van der Waals surface area contributed by atoms with Crippen LogP contribution in [0.4, 0.5) is 5.69 Å². The summed E-state index contributed by atoms with van der Waals surface area (Å²) in [5.74, 6) is 0.0499. The number of benzene rings is 2. The first kappa shape index (κ1) is 16.5. The zero-order valence-electron chi connectivity index (χ0n) is 14.2. The Morgan fingerprint density at radius 3 is 2.75 bits per heavy atom. The molecular weight excluding hydrogens is 298 g/mol. The number of amides is 1. The van der Waals surface area contributed by atoms with Gasteiger partial charge in [-0.05, 0) is 43.1 Å². The van der Waals surface area contributed by atoms with Gasteiger partial charge < -0.3 is 10.6 Å². The molecule has 4 nitrogen and oxygen atoms in total. The molecule has 24 heavy (non-hydrogen) atoms. The Kier molecular flexibility index (Phi) is 5.16. The number of hydrogen-bond donors (Lipinski definition) is 1. The lowest BCUT2D eigenvalue weighted by Gasteiger charge is -2.37. The fourth-order valence-electron chi connectivity index (χ4n) is 3.37. The molecule has 1 heterocycles. The number of nitrogen functional groups attached to an aromatic ring is 1. The molecule has 0 spiro atoms. The molecule has 1 aliphatic heterocycles. The lowest BCUT2D eigenvalue weighted by molar-refractivity contribution is 0.0609. The number of likely N-dealkylation sites (N-methyl/N-ethyl adjacent to an activating group) is 1. The van der Waals surface area contributed by atoms with Crippen LogP contribution in [0.25, 0.3) is 0 Å². The quantitative estimate of drug-likeness (QED) is 0.880. The van der Waals surface area contributed by atoms with Crippen LogP contribution in [0.15, 0.2) is 54.6 Å². The largest absolute Gasteiger partial charge is 0.399 e. The molecule has 1 fully saturated rings. The van der Waals surface area contributed by atoms with E-state index in [1.165, 1.54) is 5.56 Å². The average molecular weight is 323 g/mol. The molecule has 1 atom stereocenters. The lowest BCUT2D eigenvalue weighted by Crippen LogP contribution is -2.48. The lowest BCUT2D eigenvalue weighted by atomic mass is 10.0. The number of hydrogen-bond acceptors (Lipinski definition) is 3. The molecule has 126 valence electrons. The molecule has 1 saturated heterocycles. The van der Waals surface area contributed by atoms with Crippen LogP contribution >= 0.6 is 0 Å². The van der Waals surface area contributed by atoms with Gasteiger partial charge in [0.1, 0.15) is 0 Å². The van der Waals surface area contributed by atoms with Crippen molar-refractivity contribution in [3.8, 4) is 0 Å². The highest BCUT2D eigenvalue weighted by Crippen LogP contribution is 2.19. The minimum Gasteiger partial charge on any atom is -0.399 e. The van der Waals surface area contributed by atoms with Gasteiger partial charge in [-0.15, -0.1) is 0 Å². The number of piperidine rings is 1. The Morgan fingerprint density at radius 2 is 2.00 bits per heavy atom. The third kappa shape index (κ3) is 3.95. The second-order valence-electron chi connectivity index (χ2n) is 6.56. The van der Waals surface area contributed by atoms with Crippen LogP contribution in [0, 0.1) is 0 Å². The van der Waals surface area contributed by atoms with Gasteiger partial charge in [0.15, 0.2) is 0 Å². The van der Waals surface area contributed by atoms with Gasteiger partial charge in [-0.2, -0.15) is 0 Å². The molecule has 1 aliphatic rings. The highest BCUT2D eigenvalue weighted by molar-refractivity contribution is 5.95. The molecule has 2 aromatic rings. The summed E-state index contributed by atoms with van der Waals surface area (Å²) < 4.78 is 0. The highest BCUT2D eigenvalue weighted by Gasteiger charge is 2.26. The Balaban J connectivity index is 1.64. The van der Waals surface area contributed by atoms with Crippen LogP contribution < -0.4 is 5.73 Å². The van der Waals surface area contributed by atoms with E-state index in [9.17, 15) is 4.79 Å². The van der Waals surface area contributed by atoms with Crippen LogP contribution in [0.2, 0.25) is 0 Å². The molecule has 1 amide bonds. The van der Waals surface area contributed by atoms with E-state index in [-0.39, 0.29) is 11.9 Å². The number of carbonyl (C=O) groups is 1. The number of rotatable bonds is 4. The fraction of sp³-hybridized carbons (Fsp3) is 0.350. The van der Waals surface area contributed by atoms with Crippen LogP contribution in [-0.2, 0) is 6.54 Å². The highest BCUT2D eigenvalue weighted by atomic mass is 16.2. The number of carbonyl (C=O) groups excluding carboxylic acids is 1. The van der Waals surface area contributed by atoms with Crippen LogP contribution in [0.1, 0.15) is 28.8 Å². The summed E-state index contributed by atoms with van der Waals surface area (Å²) in [6, 6.07) is 18.0. The van der Waals surface area contributed by atoms with Crippen LogP contribution in [-0.4, -0.2) is 41.9 Å². The summed E-state index contributed by atoms with van der Waals surface area (Å²) in [5, 5.41) is 0. The maximum atomic E-state index is 12.7. The van der Waals surface area contributed by atoms with E-state index in [1.807, 2.05) is 30.1 Å². The molecule has 0 bridgehead atoms. The molecule has 1 unspecified atom stereocenters. The summed E-state index contributed by atoms with van der Waals surface area (Å²) in [5.41, 5.74) is 8.42. The van der Waals surface area contributed by atoms with Crippen molar-refractivity contribution in [3.63, 3.8) is 0 Å². The van der Waals surface area contributed by atoms with Crippen molar-refractivity contribution in [3.05, 3.63) is 65.7 Å². The fourth-order valence-corrected chi connectivity index (χ4v) is 3.37. The van der Waals surface area contributed by atoms with Crippen molar-refractivity contribution in [2.24, 2.45) is 0 Å². The SMILES string of the molecule is CN(C(=O)c1cccc(N)c1)C1CCCN(Cc2ccccc2)C1. The van der Waals surface area contributed by atoms with Gasteiger partial charge >= 0.3 is 0 Å². The average Bonchev–Trinajstić information content (AvgIpc) is 2.61. The first-order valence-corrected chi connectivity index (χ1v) is 8.52. The first-order valence-electron chi connectivity index (χ1n) is 8.52. The maximum Gasteiger partial charge on any atom is 0.253 e. The van der Waals surface area contributed by atoms with E-state index in [4.69, 9.17) is 5.73 Å². The number of anilines is 1. The zero-order chi connectivity index (χ0) is 16.9. The molecule has 3 rings (SSSR count). The van der Waals surface area contributed by atoms with Crippen molar-refractivity contribution in [2.75, 3.05) is 25.9 Å². The Morgan fingerprint density at radius 1 is 1.21 bits per heavy atom. The topological polar surface area (TPSA) is 49.6 Å². The summed E-state index contributed by atoms with van der Waals surface area (Å²) >= 11 is 0. The van der Waals surface area contributed by atoms with Crippen LogP contribution in [0.3, 0.4) is 0 Å². The van der Waals surface area contributed by atoms with Gasteiger partial charge in [0.05, 0.1) is 0 Å². The van der Waals surface area contributed by atoms with Gasteiger partial charge in [-0.25, -0.2) is 0 Å². The molecule has 0 radical (unpaired) electrons. The predicted molar refractivity (Wildman–Crippen MR) is 97.7 cm³/mol. The molecule has 0 saturated carbocycles. The molecule has 4 heteroatoms. The van der Waals surface area contributed by atoms with Gasteiger partial charge in [0.2, 0.25) is 0 Å². The normalized spacial score (nSPS) is 18.3. The van der Waals surface area contributed by atoms with E-state index in [1.54, 1.807) is 12.1 Å². The molecule has 2 N–H and O–H groups in total. The second-order valence-corrected chi connectivity index (χ2v) is 6.56. The van der Waals surface area contributed by atoms with Gasteiger partial charge in [-0.3, -0.25) is 9.69 Å². The number of nitrogens with two attached hydrogens (primary N) is 1. The summed E-state index contributed by atoms with van der Waals surface area (Å²) in [6.07, 6.45) is 2.17. The second kappa shape index (κ2) is 7.49. The third-order valence-corrected chi connectivity index (χ3v) is 4.73. The predicted octanol–water partition coefficient (Wildman–Crippen LogP) is 3.01. The monoisotopic (exact) mass is 323 g/mol. The zero-order valence-corrected chi connectivity index (χ0v) is 14.2. The molecule has 0 aromatic heterocycles. The van der Waals surface area contributed by atoms with E-state index in [0.29, 0.717) is 11.3 Å². The Hall–Kier alpha value is -2.33. The van der Waals surface area contributed by atoms with Crippen molar-refractivity contribution in [1.82, 2.24) is 9.80 Å². The number of likely N-dealkylation sites (tertiary alicyclic amines) is 1. The summed E-state index contributed by atoms with van der Waals surface area (Å²) in [7, 11) is 1.90. The number of nitrogens with zero attached hydrogens (tertiary/aromatic N) is 2. The van der Waals surface area contributed by atoms with Gasteiger partial charge in [-0.1, -0.05) is 36.4 Å². The molecule has 0 aliphatic carbocycles. The van der Waals surface area contributed by atoms with Gasteiger partial charge in [0.25, 0.3) is 5.91 Å². The summed E-state index contributed by atoms with van der Waals surface area (Å²) in [6.45, 7) is 2.95. The van der Waals surface area contributed by atoms with Crippen molar-refractivity contribution in [1.29, 1.82) is 0 Å². The van der Waals surface area contributed by atoms with E-state index in [2.05, 4.69) is 29.2 Å². The van der Waals surface area contributed by atoms with Gasteiger partial charge in [0, 0.05) is 37.4 Å². The standard InChI is InChI=1S/C20H25N3O/c1-22(20(24)17-9-5-10-18(21)13-17)19-11-6-12-23(15-19)14-16-7-3-2-4-8-16/h2-5,7-10,13,19H,6,11-12,14-15,21H2,1H3. The molecular formula is C20H25N3O. The third-order valence-electron chi connectivity index (χ3n) is 4.73. The minimum atomic E-state index is 0.0499. The van der Waals surface area contributed by atoms with Crippen LogP contribution in [0.5, 0.6) is 0 Å². The Bertz CT molecular complexity index is 686. The van der Waals surface area contributed by atoms with E-state index < -0.39 is 0 Å². The van der Waals surface area contributed by atoms with E-state index >= 15 is 0 Å².